The van der Waals surface area contributed by atoms with Crippen LogP contribution < -0.4 is 15.8 Å². The molecule has 6 nitrogen and oxygen atoms in total. The molecule has 7 heteroatoms. The second kappa shape index (κ2) is 4.40. The molecule has 0 aliphatic rings. The second-order valence-corrected chi connectivity index (χ2v) is 4.04. The van der Waals surface area contributed by atoms with Crippen LogP contribution in [0.5, 0.6) is 5.75 Å². The maximum absolute atomic E-state index is 5.66. The Balaban J connectivity index is 2.15. The molecule has 0 radical (unpaired) electrons. The van der Waals surface area contributed by atoms with Gasteiger partial charge in [0.15, 0.2) is 16.6 Å². The molecular formula is C9H13N5OS. The van der Waals surface area contributed by atoms with Crippen LogP contribution in [-0.4, -0.2) is 21.5 Å². The molecule has 0 aliphatic carbocycles. The molecule has 0 aromatic carbocycles. The highest BCUT2D eigenvalue weighted by Gasteiger charge is 2.15. The third-order valence-electron chi connectivity index (χ3n) is 2.16. The molecule has 1 unspecified atom stereocenters. The van der Waals surface area contributed by atoms with Gasteiger partial charge in [-0.1, -0.05) is 0 Å². The van der Waals surface area contributed by atoms with Crippen LogP contribution in [0.25, 0.3) is 0 Å². The van der Waals surface area contributed by atoms with Crippen LogP contribution in [0.4, 0.5) is 10.8 Å². The predicted octanol–water partition coefficient (Wildman–Crippen LogP) is 1.63. The van der Waals surface area contributed by atoms with Crippen molar-refractivity contribution in [3.05, 3.63) is 18.2 Å². The summed E-state index contributed by atoms with van der Waals surface area (Å²) < 4.78 is 9.19. The molecule has 2 aromatic heterocycles. The quantitative estimate of drug-likeness (QED) is 0.754. The normalized spacial score (nSPS) is 12.4. The molecule has 0 saturated carbocycles. The number of rotatable bonds is 4. The van der Waals surface area contributed by atoms with Gasteiger partial charge in [-0.05, 0) is 18.5 Å². The van der Waals surface area contributed by atoms with Gasteiger partial charge in [-0.15, -0.1) is 0 Å². The number of hydrogen-bond donors (Lipinski definition) is 3. The first-order valence-electron chi connectivity index (χ1n) is 4.77. The van der Waals surface area contributed by atoms with Gasteiger partial charge in [-0.2, -0.15) is 4.37 Å². The van der Waals surface area contributed by atoms with Gasteiger partial charge in [-0.3, -0.25) is 0 Å². The second-order valence-electron chi connectivity index (χ2n) is 3.27. The Morgan fingerprint density at radius 1 is 1.62 bits per heavy atom. The summed E-state index contributed by atoms with van der Waals surface area (Å²) in [6, 6.07) is 0.0451. The Morgan fingerprint density at radius 2 is 2.44 bits per heavy atom. The molecule has 0 bridgehead atoms. The first-order chi connectivity index (χ1) is 7.72. The van der Waals surface area contributed by atoms with Crippen molar-refractivity contribution in [1.82, 2.24) is 14.3 Å². The van der Waals surface area contributed by atoms with Gasteiger partial charge < -0.3 is 20.8 Å². The molecule has 0 fully saturated rings. The first kappa shape index (κ1) is 10.7. The SMILES string of the molecule is COc1c(N)nsc1NC(C)c1ncc[nH]1. The number of H-pyrrole nitrogens is 1. The van der Waals surface area contributed by atoms with E-state index in [4.69, 9.17) is 10.5 Å². The summed E-state index contributed by atoms with van der Waals surface area (Å²) in [5, 5.41) is 4.05. The van der Waals surface area contributed by atoms with E-state index in [2.05, 4.69) is 19.7 Å². The van der Waals surface area contributed by atoms with Gasteiger partial charge in [-0.25, -0.2) is 4.98 Å². The fourth-order valence-electron chi connectivity index (χ4n) is 1.36. The molecule has 1 atom stereocenters. The van der Waals surface area contributed by atoms with Crippen molar-refractivity contribution in [2.45, 2.75) is 13.0 Å². The highest BCUT2D eigenvalue weighted by molar-refractivity contribution is 7.11. The van der Waals surface area contributed by atoms with E-state index < -0.39 is 0 Å². The monoisotopic (exact) mass is 239 g/mol. The summed E-state index contributed by atoms with van der Waals surface area (Å²) in [5.74, 6) is 1.85. The zero-order valence-electron chi connectivity index (χ0n) is 9.02. The Hall–Kier alpha value is -1.76. The third kappa shape index (κ3) is 1.94. The minimum absolute atomic E-state index is 0.0451. The van der Waals surface area contributed by atoms with E-state index >= 15 is 0 Å². The number of aromatic amines is 1. The van der Waals surface area contributed by atoms with E-state index in [1.165, 1.54) is 11.5 Å². The van der Waals surface area contributed by atoms with Crippen molar-refractivity contribution in [3.8, 4) is 5.75 Å². The van der Waals surface area contributed by atoms with Crippen LogP contribution in [0.15, 0.2) is 12.4 Å². The summed E-state index contributed by atoms with van der Waals surface area (Å²) in [6.45, 7) is 1.99. The molecular weight excluding hydrogens is 226 g/mol. The van der Waals surface area contributed by atoms with Crippen LogP contribution in [0.2, 0.25) is 0 Å². The Morgan fingerprint density at radius 3 is 3.06 bits per heavy atom. The van der Waals surface area contributed by atoms with Crippen molar-refractivity contribution < 1.29 is 4.74 Å². The van der Waals surface area contributed by atoms with E-state index in [0.29, 0.717) is 11.6 Å². The largest absolute Gasteiger partial charge is 0.490 e. The van der Waals surface area contributed by atoms with Gasteiger partial charge >= 0.3 is 0 Å². The number of methoxy groups -OCH3 is 1. The maximum atomic E-state index is 5.66. The number of ether oxygens (including phenoxy) is 1. The molecule has 16 heavy (non-hydrogen) atoms. The predicted molar refractivity (Wildman–Crippen MR) is 63.7 cm³/mol. The van der Waals surface area contributed by atoms with Crippen LogP contribution in [0, 0.1) is 0 Å². The molecule has 0 aliphatic heterocycles. The number of anilines is 2. The van der Waals surface area contributed by atoms with Crippen molar-refractivity contribution in [1.29, 1.82) is 0 Å². The van der Waals surface area contributed by atoms with E-state index in [1.807, 2.05) is 6.92 Å². The summed E-state index contributed by atoms with van der Waals surface area (Å²) in [4.78, 5) is 7.21. The number of nitrogens with one attached hydrogen (secondary N) is 2. The Bertz CT molecular complexity index is 452. The van der Waals surface area contributed by atoms with E-state index in [-0.39, 0.29) is 6.04 Å². The lowest BCUT2D eigenvalue weighted by Crippen LogP contribution is -2.08. The number of aromatic nitrogens is 3. The van der Waals surface area contributed by atoms with Crippen molar-refractivity contribution in [2.24, 2.45) is 0 Å². The van der Waals surface area contributed by atoms with E-state index in [1.54, 1.807) is 19.5 Å². The molecule has 0 spiro atoms. The smallest absolute Gasteiger partial charge is 0.197 e. The lowest BCUT2D eigenvalue weighted by Gasteiger charge is -2.11. The lowest BCUT2D eigenvalue weighted by atomic mass is 10.3. The molecule has 0 amide bonds. The van der Waals surface area contributed by atoms with E-state index in [0.717, 1.165) is 10.8 Å². The van der Waals surface area contributed by atoms with Gasteiger partial charge in [0.1, 0.15) is 5.82 Å². The minimum Gasteiger partial charge on any atom is -0.490 e. The van der Waals surface area contributed by atoms with Gasteiger partial charge in [0.2, 0.25) is 0 Å². The van der Waals surface area contributed by atoms with Crippen LogP contribution >= 0.6 is 11.5 Å². The molecule has 86 valence electrons. The van der Waals surface area contributed by atoms with Crippen LogP contribution in [-0.2, 0) is 0 Å². The molecule has 0 saturated heterocycles. The van der Waals surface area contributed by atoms with Crippen LogP contribution in [0.3, 0.4) is 0 Å². The highest BCUT2D eigenvalue weighted by Crippen LogP contribution is 2.36. The third-order valence-corrected chi connectivity index (χ3v) is 2.93. The zero-order chi connectivity index (χ0) is 11.5. The van der Waals surface area contributed by atoms with Gasteiger partial charge in [0.05, 0.1) is 13.2 Å². The summed E-state index contributed by atoms with van der Waals surface area (Å²) in [7, 11) is 1.57. The first-order valence-corrected chi connectivity index (χ1v) is 5.54. The fourth-order valence-corrected chi connectivity index (χ4v) is 2.14. The number of nitrogen functional groups attached to an aromatic ring is 1. The van der Waals surface area contributed by atoms with Gasteiger partial charge in [0.25, 0.3) is 0 Å². The molecule has 4 N–H and O–H groups in total. The lowest BCUT2D eigenvalue weighted by molar-refractivity contribution is 0.419. The highest BCUT2D eigenvalue weighted by atomic mass is 32.1. The Labute approximate surface area is 97.0 Å². The number of nitrogens with two attached hydrogens (primary N) is 1. The molecule has 2 heterocycles. The average molecular weight is 239 g/mol. The molecule has 2 rings (SSSR count). The summed E-state index contributed by atoms with van der Waals surface area (Å²) >= 11 is 1.27. The minimum atomic E-state index is 0.0451. The standard InChI is InChI=1S/C9H13N5OS/c1-5(8-11-3-4-12-8)13-9-6(15-2)7(10)14-16-9/h3-5,13H,1-2H3,(H2,10,14)(H,11,12). The Kier molecular flexibility index (Phi) is 2.95. The average Bonchev–Trinajstić information content (AvgIpc) is 2.88. The molecule has 2 aromatic rings. The number of nitrogens with zero attached hydrogens (tertiary/aromatic N) is 2. The van der Waals surface area contributed by atoms with Crippen molar-refractivity contribution >= 4 is 22.4 Å². The fraction of sp³-hybridized carbons (Fsp3) is 0.333. The van der Waals surface area contributed by atoms with Crippen LogP contribution in [0.1, 0.15) is 18.8 Å². The number of hydrogen-bond acceptors (Lipinski definition) is 6. The zero-order valence-corrected chi connectivity index (χ0v) is 9.84. The van der Waals surface area contributed by atoms with E-state index in [9.17, 15) is 0 Å². The number of imidazole rings is 1. The maximum Gasteiger partial charge on any atom is 0.197 e. The summed E-state index contributed by atoms with van der Waals surface area (Å²) in [5.41, 5.74) is 5.66. The van der Waals surface area contributed by atoms with Crippen molar-refractivity contribution in [2.75, 3.05) is 18.2 Å². The van der Waals surface area contributed by atoms with Crippen molar-refractivity contribution in [3.63, 3.8) is 0 Å². The summed E-state index contributed by atoms with van der Waals surface area (Å²) in [6.07, 6.45) is 3.50. The van der Waals surface area contributed by atoms with Gasteiger partial charge in [0, 0.05) is 12.4 Å². The topological polar surface area (TPSA) is 88.8 Å².